The van der Waals surface area contributed by atoms with Crippen molar-refractivity contribution >= 4 is 5.69 Å². The molecule has 2 fully saturated rings. The van der Waals surface area contributed by atoms with E-state index in [2.05, 4.69) is 4.90 Å². The molecule has 1 saturated heterocycles. The summed E-state index contributed by atoms with van der Waals surface area (Å²) in [6.07, 6.45) is 6.85. The molecule has 3 heteroatoms. The minimum absolute atomic E-state index is 0.282. The summed E-state index contributed by atoms with van der Waals surface area (Å²) in [5.74, 6) is 0.470. The summed E-state index contributed by atoms with van der Waals surface area (Å²) in [5.41, 5.74) is 1.38. The second-order valence-corrected chi connectivity index (χ2v) is 6.30. The quantitative estimate of drug-likeness (QED) is 0.882. The van der Waals surface area contributed by atoms with Crippen molar-refractivity contribution in [1.82, 2.24) is 0 Å². The first-order chi connectivity index (χ1) is 9.68. The van der Waals surface area contributed by atoms with Crippen LogP contribution in [0.15, 0.2) is 18.2 Å². The number of rotatable bonds is 2. The van der Waals surface area contributed by atoms with Gasteiger partial charge in [-0.1, -0.05) is 18.9 Å². The Morgan fingerprint density at radius 2 is 1.95 bits per heavy atom. The Balaban J connectivity index is 1.97. The average Bonchev–Trinajstić information content (AvgIpc) is 2.46. The fourth-order valence-electron chi connectivity index (χ4n) is 4.11. The SMILES string of the molecule is C[C@@H](O)c1c(F)cccc1N1CCC[C@H]2CCCC[C@H]21. The summed E-state index contributed by atoms with van der Waals surface area (Å²) < 4.78 is 14.1. The number of anilines is 1. The van der Waals surface area contributed by atoms with E-state index in [1.165, 1.54) is 44.6 Å². The van der Waals surface area contributed by atoms with E-state index in [1.807, 2.05) is 6.07 Å². The number of benzene rings is 1. The van der Waals surface area contributed by atoms with Gasteiger partial charge in [-0.15, -0.1) is 0 Å². The predicted molar refractivity (Wildman–Crippen MR) is 79.4 cm³/mol. The minimum Gasteiger partial charge on any atom is -0.389 e. The zero-order valence-corrected chi connectivity index (χ0v) is 12.2. The molecular weight excluding hydrogens is 253 g/mol. The van der Waals surface area contributed by atoms with E-state index in [4.69, 9.17) is 0 Å². The average molecular weight is 277 g/mol. The number of nitrogens with zero attached hydrogens (tertiary/aromatic N) is 1. The van der Waals surface area contributed by atoms with Gasteiger partial charge in [-0.05, 0) is 50.7 Å². The van der Waals surface area contributed by atoms with E-state index in [1.54, 1.807) is 13.0 Å². The van der Waals surface area contributed by atoms with Crippen molar-refractivity contribution in [1.29, 1.82) is 0 Å². The van der Waals surface area contributed by atoms with E-state index in [0.717, 1.165) is 18.2 Å². The Kier molecular flexibility index (Phi) is 3.97. The first kappa shape index (κ1) is 13.9. The molecular formula is C17H24FNO. The van der Waals surface area contributed by atoms with Gasteiger partial charge >= 0.3 is 0 Å². The van der Waals surface area contributed by atoms with Gasteiger partial charge in [-0.2, -0.15) is 0 Å². The van der Waals surface area contributed by atoms with Gasteiger partial charge < -0.3 is 10.0 Å². The second kappa shape index (κ2) is 5.72. The molecule has 3 rings (SSSR count). The number of piperidine rings is 1. The molecule has 1 saturated carbocycles. The molecule has 3 atom stereocenters. The fraction of sp³-hybridized carbons (Fsp3) is 0.647. The van der Waals surface area contributed by atoms with Crippen LogP contribution in [0.4, 0.5) is 10.1 Å². The van der Waals surface area contributed by atoms with Crippen molar-refractivity contribution < 1.29 is 9.50 Å². The summed E-state index contributed by atoms with van der Waals surface area (Å²) in [7, 11) is 0. The number of aliphatic hydroxyl groups excluding tert-OH is 1. The molecule has 0 bridgehead atoms. The summed E-state index contributed by atoms with van der Waals surface area (Å²) >= 11 is 0. The molecule has 20 heavy (non-hydrogen) atoms. The maximum Gasteiger partial charge on any atom is 0.131 e. The Labute approximate surface area is 120 Å². The number of fused-ring (bicyclic) bond motifs is 1. The zero-order chi connectivity index (χ0) is 14.1. The second-order valence-electron chi connectivity index (χ2n) is 6.30. The van der Waals surface area contributed by atoms with Crippen molar-refractivity contribution in [3.63, 3.8) is 0 Å². The highest BCUT2D eigenvalue weighted by molar-refractivity contribution is 5.56. The van der Waals surface area contributed by atoms with Gasteiger partial charge in [0.25, 0.3) is 0 Å². The van der Waals surface area contributed by atoms with E-state index in [-0.39, 0.29) is 5.82 Å². The van der Waals surface area contributed by atoms with Gasteiger partial charge in [0.1, 0.15) is 5.82 Å². The lowest BCUT2D eigenvalue weighted by atomic mass is 9.78. The molecule has 1 aliphatic heterocycles. The number of hydrogen-bond donors (Lipinski definition) is 1. The molecule has 0 aromatic heterocycles. The smallest absolute Gasteiger partial charge is 0.131 e. The molecule has 1 aliphatic carbocycles. The Hall–Kier alpha value is -1.09. The fourth-order valence-corrected chi connectivity index (χ4v) is 4.11. The highest BCUT2D eigenvalue weighted by Crippen LogP contribution is 2.40. The normalized spacial score (nSPS) is 28.1. The Bertz CT molecular complexity index is 472. The van der Waals surface area contributed by atoms with Crippen LogP contribution < -0.4 is 4.90 Å². The summed E-state index contributed by atoms with van der Waals surface area (Å²) in [5, 5.41) is 9.95. The van der Waals surface area contributed by atoms with Crippen LogP contribution in [0, 0.1) is 11.7 Å². The molecule has 1 aromatic rings. The predicted octanol–water partition coefficient (Wildman–Crippen LogP) is 4.04. The van der Waals surface area contributed by atoms with Gasteiger partial charge in [0.05, 0.1) is 6.10 Å². The van der Waals surface area contributed by atoms with Crippen LogP contribution >= 0.6 is 0 Å². The van der Waals surface area contributed by atoms with E-state index in [0.29, 0.717) is 11.6 Å². The van der Waals surface area contributed by atoms with Crippen LogP contribution in [-0.2, 0) is 0 Å². The molecule has 0 spiro atoms. The molecule has 0 unspecified atom stereocenters. The lowest BCUT2D eigenvalue weighted by Gasteiger charge is -2.46. The molecule has 1 heterocycles. The molecule has 0 amide bonds. The Morgan fingerprint density at radius 1 is 1.20 bits per heavy atom. The molecule has 1 N–H and O–H groups in total. The van der Waals surface area contributed by atoms with Crippen molar-refractivity contribution in [2.45, 2.75) is 57.6 Å². The third-order valence-electron chi connectivity index (χ3n) is 5.00. The van der Waals surface area contributed by atoms with Crippen LogP contribution in [0.25, 0.3) is 0 Å². The van der Waals surface area contributed by atoms with Crippen LogP contribution in [0.2, 0.25) is 0 Å². The standard InChI is InChI=1S/C17H24FNO/c1-12(20)17-14(18)8-4-10-16(17)19-11-5-7-13-6-2-3-9-15(13)19/h4,8,10,12-13,15,20H,2-3,5-7,9,11H2,1H3/t12-,13-,15-/m1/s1. The number of aliphatic hydroxyl groups is 1. The van der Waals surface area contributed by atoms with Gasteiger partial charge in [-0.25, -0.2) is 4.39 Å². The first-order valence-electron chi connectivity index (χ1n) is 7.91. The van der Waals surface area contributed by atoms with Gasteiger partial charge in [-0.3, -0.25) is 0 Å². The van der Waals surface area contributed by atoms with Crippen LogP contribution in [-0.4, -0.2) is 17.7 Å². The summed E-state index contributed by atoms with van der Waals surface area (Å²) in [4.78, 5) is 2.37. The summed E-state index contributed by atoms with van der Waals surface area (Å²) in [6.45, 7) is 2.65. The van der Waals surface area contributed by atoms with E-state index < -0.39 is 6.10 Å². The molecule has 110 valence electrons. The minimum atomic E-state index is -0.754. The van der Waals surface area contributed by atoms with Crippen LogP contribution in [0.5, 0.6) is 0 Å². The van der Waals surface area contributed by atoms with Crippen molar-refractivity contribution in [3.8, 4) is 0 Å². The third kappa shape index (κ3) is 2.44. The maximum atomic E-state index is 14.1. The van der Waals surface area contributed by atoms with E-state index in [9.17, 15) is 9.50 Å². The van der Waals surface area contributed by atoms with Crippen LogP contribution in [0.1, 0.15) is 57.1 Å². The highest BCUT2D eigenvalue weighted by atomic mass is 19.1. The van der Waals surface area contributed by atoms with E-state index >= 15 is 0 Å². The van der Waals surface area contributed by atoms with Gasteiger partial charge in [0, 0.05) is 23.8 Å². The first-order valence-corrected chi connectivity index (χ1v) is 7.91. The number of hydrogen-bond acceptors (Lipinski definition) is 2. The lowest BCUT2D eigenvalue weighted by Crippen LogP contribution is -2.47. The summed E-state index contributed by atoms with van der Waals surface area (Å²) in [6, 6.07) is 5.73. The largest absolute Gasteiger partial charge is 0.389 e. The van der Waals surface area contributed by atoms with Crippen molar-refractivity contribution in [2.24, 2.45) is 5.92 Å². The Morgan fingerprint density at radius 3 is 2.75 bits per heavy atom. The van der Waals surface area contributed by atoms with Crippen LogP contribution in [0.3, 0.4) is 0 Å². The highest BCUT2D eigenvalue weighted by Gasteiger charge is 2.34. The molecule has 2 nitrogen and oxygen atoms in total. The molecule has 0 radical (unpaired) electrons. The lowest BCUT2D eigenvalue weighted by molar-refractivity contribution is 0.192. The van der Waals surface area contributed by atoms with Crippen molar-refractivity contribution in [2.75, 3.05) is 11.4 Å². The third-order valence-corrected chi connectivity index (χ3v) is 5.00. The monoisotopic (exact) mass is 277 g/mol. The molecule has 2 aliphatic rings. The van der Waals surface area contributed by atoms with Gasteiger partial charge in [0.2, 0.25) is 0 Å². The zero-order valence-electron chi connectivity index (χ0n) is 12.2. The number of halogens is 1. The van der Waals surface area contributed by atoms with Crippen molar-refractivity contribution in [3.05, 3.63) is 29.6 Å². The maximum absolute atomic E-state index is 14.1. The topological polar surface area (TPSA) is 23.5 Å². The van der Waals surface area contributed by atoms with Gasteiger partial charge in [0.15, 0.2) is 0 Å². The molecule has 1 aromatic carbocycles.